The normalized spacial score (nSPS) is 10.2. The maximum atomic E-state index is 11.9. The number of hydrogen-bond donors (Lipinski definition) is 3. The largest absolute Gasteiger partial charge is 0.326 e. The molecule has 0 radical (unpaired) electrons. The third-order valence-electron chi connectivity index (χ3n) is 2.90. The zero-order chi connectivity index (χ0) is 15.2. The number of anilines is 2. The van der Waals surface area contributed by atoms with E-state index in [1.165, 1.54) is 0 Å². The van der Waals surface area contributed by atoms with Gasteiger partial charge >= 0.3 is 0 Å². The van der Waals surface area contributed by atoms with Gasteiger partial charge in [-0.05, 0) is 36.1 Å². The number of hydrogen-bond acceptors (Lipinski definition) is 4. The Bertz CT molecular complexity index is 638. The molecular formula is C15H17N3O2S. The highest BCUT2D eigenvalue weighted by Crippen LogP contribution is 2.20. The van der Waals surface area contributed by atoms with Gasteiger partial charge in [0, 0.05) is 16.3 Å². The van der Waals surface area contributed by atoms with Gasteiger partial charge < -0.3 is 16.4 Å². The van der Waals surface area contributed by atoms with E-state index in [9.17, 15) is 9.59 Å². The summed E-state index contributed by atoms with van der Waals surface area (Å²) in [4.78, 5) is 24.3. The summed E-state index contributed by atoms with van der Waals surface area (Å²) in [5.74, 6) is -0.349. The van der Waals surface area contributed by atoms with Crippen LogP contribution in [0.1, 0.15) is 10.4 Å². The average Bonchev–Trinajstić information content (AvgIpc) is 2.95. The minimum Gasteiger partial charge on any atom is -0.326 e. The molecule has 0 unspecified atom stereocenters. The molecule has 4 N–H and O–H groups in total. The van der Waals surface area contributed by atoms with Crippen molar-refractivity contribution in [1.82, 2.24) is 0 Å². The van der Waals surface area contributed by atoms with Crippen LogP contribution in [0.2, 0.25) is 0 Å². The molecule has 1 aromatic heterocycles. The predicted octanol–water partition coefficient (Wildman–Crippen LogP) is 2.13. The van der Waals surface area contributed by atoms with Crippen molar-refractivity contribution in [3.63, 3.8) is 0 Å². The van der Waals surface area contributed by atoms with Crippen molar-refractivity contribution in [2.75, 3.05) is 17.2 Å². The van der Waals surface area contributed by atoms with Crippen molar-refractivity contribution < 1.29 is 9.59 Å². The van der Waals surface area contributed by atoms with E-state index in [4.69, 9.17) is 5.73 Å². The van der Waals surface area contributed by atoms with Crippen LogP contribution in [-0.2, 0) is 16.0 Å². The number of aryl methyl sites for hydroxylation is 1. The Hall–Kier alpha value is -2.18. The second kappa shape index (κ2) is 7.01. The molecule has 0 atom stereocenters. The van der Waals surface area contributed by atoms with E-state index in [-0.39, 0.29) is 18.4 Å². The Morgan fingerprint density at radius 2 is 2.00 bits per heavy atom. The summed E-state index contributed by atoms with van der Waals surface area (Å²) in [6.45, 7) is 1.80. The fourth-order valence-corrected chi connectivity index (χ4v) is 2.52. The molecule has 0 aliphatic carbocycles. The van der Waals surface area contributed by atoms with Gasteiger partial charge in [-0.1, -0.05) is 12.1 Å². The lowest BCUT2D eigenvalue weighted by Gasteiger charge is -2.11. The van der Waals surface area contributed by atoms with Gasteiger partial charge in [0.2, 0.25) is 11.8 Å². The zero-order valence-corrected chi connectivity index (χ0v) is 12.5. The number of nitrogens with two attached hydrogens (primary N) is 1. The Morgan fingerprint density at radius 1 is 1.19 bits per heavy atom. The molecule has 0 aliphatic rings. The predicted molar refractivity (Wildman–Crippen MR) is 85.5 cm³/mol. The minimum absolute atomic E-state index is 0.0750. The van der Waals surface area contributed by atoms with Crippen LogP contribution in [0.3, 0.4) is 0 Å². The van der Waals surface area contributed by atoms with Gasteiger partial charge in [-0.15, -0.1) is 11.3 Å². The maximum absolute atomic E-state index is 11.9. The summed E-state index contributed by atoms with van der Waals surface area (Å²) < 4.78 is 0. The number of carbonyl (C=O) groups excluding carboxylic acids is 2. The number of benzene rings is 1. The summed E-state index contributed by atoms with van der Waals surface area (Å²) in [6, 6.07) is 9.22. The van der Waals surface area contributed by atoms with Gasteiger partial charge in [-0.25, -0.2) is 0 Å². The van der Waals surface area contributed by atoms with Crippen molar-refractivity contribution in [1.29, 1.82) is 0 Å². The molecule has 110 valence electrons. The van der Waals surface area contributed by atoms with Crippen molar-refractivity contribution in [2.24, 2.45) is 5.73 Å². The quantitative estimate of drug-likeness (QED) is 0.791. The average molecular weight is 303 g/mol. The third kappa shape index (κ3) is 4.40. The first-order valence-electron chi connectivity index (χ1n) is 6.51. The van der Waals surface area contributed by atoms with E-state index in [2.05, 4.69) is 10.6 Å². The van der Waals surface area contributed by atoms with Crippen LogP contribution in [0.5, 0.6) is 0 Å². The van der Waals surface area contributed by atoms with Crippen molar-refractivity contribution in [3.8, 4) is 0 Å². The fraction of sp³-hybridized carbons (Fsp3) is 0.200. The van der Waals surface area contributed by atoms with Gasteiger partial charge in [0.15, 0.2) is 0 Å². The fourth-order valence-electron chi connectivity index (χ4n) is 1.81. The summed E-state index contributed by atoms with van der Waals surface area (Å²) in [5, 5.41) is 7.47. The molecule has 1 heterocycles. The maximum Gasteiger partial charge on any atom is 0.238 e. The molecule has 2 rings (SSSR count). The first-order chi connectivity index (χ1) is 10.1. The van der Waals surface area contributed by atoms with E-state index in [0.717, 1.165) is 10.4 Å². The van der Waals surface area contributed by atoms with Crippen molar-refractivity contribution in [3.05, 3.63) is 46.2 Å². The lowest BCUT2D eigenvalue weighted by Crippen LogP contribution is -2.22. The number of rotatable bonds is 5. The number of carbonyl (C=O) groups is 2. The van der Waals surface area contributed by atoms with Gasteiger partial charge in [0.25, 0.3) is 0 Å². The smallest absolute Gasteiger partial charge is 0.238 e. The van der Waals surface area contributed by atoms with Crippen LogP contribution in [0.4, 0.5) is 11.4 Å². The SMILES string of the molecule is Cc1ccc(NC(=O)Cc2cccs2)cc1NC(=O)CN. The zero-order valence-electron chi connectivity index (χ0n) is 11.7. The van der Waals surface area contributed by atoms with E-state index >= 15 is 0 Å². The second-order valence-electron chi connectivity index (χ2n) is 4.59. The second-order valence-corrected chi connectivity index (χ2v) is 5.62. The van der Waals surface area contributed by atoms with Crippen LogP contribution >= 0.6 is 11.3 Å². The highest BCUT2D eigenvalue weighted by molar-refractivity contribution is 7.10. The molecule has 1 aromatic carbocycles. The molecule has 0 aliphatic heterocycles. The van der Waals surface area contributed by atoms with E-state index in [0.29, 0.717) is 17.8 Å². The van der Waals surface area contributed by atoms with Gasteiger partial charge in [-0.2, -0.15) is 0 Å². The lowest BCUT2D eigenvalue weighted by molar-refractivity contribution is -0.116. The van der Waals surface area contributed by atoms with Gasteiger partial charge in [0.05, 0.1) is 13.0 Å². The molecule has 0 saturated heterocycles. The van der Waals surface area contributed by atoms with E-state index < -0.39 is 0 Å². The monoisotopic (exact) mass is 303 g/mol. The molecule has 5 nitrogen and oxygen atoms in total. The summed E-state index contributed by atoms with van der Waals surface area (Å²) >= 11 is 1.55. The molecule has 6 heteroatoms. The lowest BCUT2D eigenvalue weighted by atomic mass is 10.1. The molecule has 2 aromatic rings. The molecule has 0 saturated carbocycles. The first kappa shape index (κ1) is 15.2. The Kier molecular flexibility index (Phi) is 5.08. The number of nitrogens with one attached hydrogen (secondary N) is 2. The molecule has 0 bridgehead atoms. The van der Waals surface area contributed by atoms with E-state index in [1.54, 1.807) is 23.5 Å². The molecule has 21 heavy (non-hydrogen) atoms. The highest BCUT2D eigenvalue weighted by atomic mass is 32.1. The van der Waals surface area contributed by atoms with Crippen LogP contribution < -0.4 is 16.4 Å². The van der Waals surface area contributed by atoms with Crippen molar-refractivity contribution in [2.45, 2.75) is 13.3 Å². The minimum atomic E-state index is -0.264. The van der Waals surface area contributed by atoms with Crippen LogP contribution in [0.15, 0.2) is 35.7 Å². The molecule has 0 spiro atoms. The van der Waals surface area contributed by atoms with Crippen LogP contribution in [0, 0.1) is 6.92 Å². The van der Waals surface area contributed by atoms with E-state index in [1.807, 2.05) is 30.5 Å². The first-order valence-corrected chi connectivity index (χ1v) is 7.39. The number of thiophene rings is 1. The summed E-state index contributed by atoms with van der Waals surface area (Å²) in [5.41, 5.74) is 7.49. The Labute approximate surface area is 127 Å². The van der Waals surface area contributed by atoms with Gasteiger partial charge in [0.1, 0.15) is 0 Å². The molecule has 0 fully saturated rings. The summed E-state index contributed by atoms with van der Waals surface area (Å²) in [6.07, 6.45) is 0.343. The third-order valence-corrected chi connectivity index (χ3v) is 3.77. The Morgan fingerprint density at radius 3 is 2.67 bits per heavy atom. The topological polar surface area (TPSA) is 84.2 Å². The number of amides is 2. The Balaban J connectivity index is 2.04. The standard InChI is InChI=1S/C15H17N3O2S/c1-10-4-5-11(7-13(10)18-15(20)9-16)17-14(19)8-12-3-2-6-21-12/h2-7H,8-9,16H2,1H3,(H,17,19)(H,18,20). The molecule has 2 amide bonds. The van der Waals surface area contributed by atoms with Crippen LogP contribution in [-0.4, -0.2) is 18.4 Å². The summed E-state index contributed by atoms with van der Waals surface area (Å²) in [7, 11) is 0. The highest BCUT2D eigenvalue weighted by Gasteiger charge is 2.08. The van der Waals surface area contributed by atoms with Gasteiger partial charge in [-0.3, -0.25) is 9.59 Å². The van der Waals surface area contributed by atoms with Crippen LogP contribution in [0.25, 0.3) is 0 Å². The van der Waals surface area contributed by atoms with Crippen molar-refractivity contribution >= 4 is 34.5 Å². The molecular weight excluding hydrogens is 286 g/mol.